The van der Waals surface area contributed by atoms with Crippen LogP contribution in [-0.4, -0.2) is 23.8 Å². The van der Waals surface area contributed by atoms with Crippen LogP contribution in [0, 0.1) is 5.92 Å². The lowest BCUT2D eigenvalue weighted by atomic mass is 10.1. The molecule has 1 unspecified atom stereocenters. The average Bonchev–Trinajstić information content (AvgIpc) is 2.21. The standard InChI is InChI=1S/C10H15Cl2N3/c1-4-7(2)6-15(3)8-5-9(11)13-14-10(8)12/h5,7H,4,6H2,1-3H3. The van der Waals surface area contributed by atoms with Crippen molar-refractivity contribution in [1.82, 2.24) is 10.2 Å². The van der Waals surface area contributed by atoms with Gasteiger partial charge in [0, 0.05) is 19.7 Å². The Kier molecular flexibility index (Phi) is 4.61. The number of aromatic nitrogens is 2. The molecular weight excluding hydrogens is 233 g/mol. The van der Waals surface area contributed by atoms with Crippen molar-refractivity contribution in [2.75, 3.05) is 18.5 Å². The highest BCUT2D eigenvalue weighted by atomic mass is 35.5. The van der Waals surface area contributed by atoms with Gasteiger partial charge in [-0.25, -0.2) is 0 Å². The van der Waals surface area contributed by atoms with Crippen LogP contribution in [0.3, 0.4) is 0 Å². The molecule has 0 aliphatic rings. The third kappa shape index (κ3) is 3.50. The monoisotopic (exact) mass is 247 g/mol. The Labute approximate surface area is 100 Å². The summed E-state index contributed by atoms with van der Waals surface area (Å²) in [6, 6.07) is 1.74. The quantitative estimate of drug-likeness (QED) is 0.818. The molecule has 0 fully saturated rings. The number of hydrogen-bond acceptors (Lipinski definition) is 3. The fraction of sp³-hybridized carbons (Fsp3) is 0.600. The average molecular weight is 248 g/mol. The van der Waals surface area contributed by atoms with E-state index in [2.05, 4.69) is 28.9 Å². The van der Waals surface area contributed by atoms with Crippen molar-refractivity contribution in [3.8, 4) is 0 Å². The molecule has 0 saturated heterocycles. The molecule has 0 saturated carbocycles. The molecule has 1 rings (SSSR count). The van der Waals surface area contributed by atoms with Crippen LogP contribution >= 0.6 is 23.2 Å². The molecule has 0 aliphatic carbocycles. The second-order valence-electron chi connectivity index (χ2n) is 3.74. The topological polar surface area (TPSA) is 29.0 Å². The first-order chi connectivity index (χ1) is 7.04. The van der Waals surface area contributed by atoms with Gasteiger partial charge in [0.25, 0.3) is 0 Å². The van der Waals surface area contributed by atoms with Crippen molar-refractivity contribution >= 4 is 28.9 Å². The van der Waals surface area contributed by atoms with Gasteiger partial charge in [0.1, 0.15) is 0 Å². The molecule has 0 aliphatic heterocycles. The summed E-state index contributed by atoms with van der Waals surface area (Å²) in [5, 5.41) is 8.21. The Bertz CT molecular complexity index is 330. The summed E-state index contributed by atoms with van der Waals surface area (Å²) in [5.41, 5.74) is 0.831. The van der Waals surface area contributed by atoms with E-state index in [0.29, 0.717) is 16.2 Å². The summed E-state index contributed by atoms with van der Waals surface area (Å²) in [6.45, 7) is 5.29. The molecule has 0 radical (unpaired) electrons. The highest BCUT2D eigenvalue weighted by molar-refractivity contribution is 6.33. The van der Waals surface area contributed by atoms with Crippen molar-refractivity contribution in [2.45, 2.75) is 20.3 Å². The van der Waals surface area contributed by atoms with Crippen LogP contribution in [0.5, 0.6) is 0 Å². The first-order valence-electron chi connectivity index (χ1n) is 4.94. The summed E-state index contributed by atoms with van der Waals surface area (Å²) in [7, 11) is 1.98. The van der Waals surface area contributed by atoms with Crippen LogP contribution in [0.25, 0.3) is 0 Å². The molecule has 3 nitrogen and oxygen atoms in total. The van der Waals surface area contributed by atoms with Crippen molar-refractivity contribution in [3.63, 3.8) is 0 Å². The largest absolute Gasteiger partial charge is 0.372 e. The molecule has 0 N–H and O–H groups in total. The van der Waals surface area contributed by atoms with Gasteiger partial charge in [-0.1, -0.05) is 43.5 Å². The molecule has 5 heteroatoms. The maximum Gasteiger partial charge on any atom is 0.175 e. The van der Waals surface area contributed by atoms with E-state index in [-0.39, 0.29) is 0 Å². The minimum absolute atomic E-state index is 0.366. The first-order valence-corrected chi connectivity index (χ1v) is 5.70. The molecule has 84 valence electrons. The summed E-state index contributed by atoms with van der Waals surface area (Å²) in [6.07, 6.45) is 1.13. The molecule has 0 spiro atoms. The zero-order valence-corrected chi connectivity index (χ0v) is 10.7. The predicted octanol–water partition coefficient (Wildman–Crippen LogP) is 3.27. The first kappa shape index (κ1) is 12.5. The van der Waals surface area contributed by atoms with Gasteiger partial charge in [0.15, 0.2) is 10.3 Å². The molecule has 0 bridgehead atoms. The fourth-order valence-corrected chi connectivity index (χ4v) is 1.68. The van der Waals surface area contributed by atoms with E-state index in [1.165, 1.54) is 0 Å². The van der Waals surface area contributed by atoms with E-state index in [0.717, 1.165) is 18.7 Å². The van der Waals surface area contributed by atoms with Gasteiger partial charge in [-0.15, -0.1) is 10.2 Å². The normalized spacial score (nSPS) is 12.6. The lowest BCUT2D eigenvalue weighted by Gasteiger charge is -2.23. The van der Waals surface area contributed by atoms with E-state index in [1.807, 2.05) is 7.05 Å². The second-order valence-corrected chi connectivity index (χ2v) is 4.48. The van der Waals surface area contributed by atoms with Gasteiger partial charge in [0.2, 0.25) is 0 Å². The van der Waals surface area contributed by atoms with Crippen LogP contribution in [-0.2, 0) is 0 Å². The Morgan fingerprint density at radius 2 is 2.07 bits per heavy atom. The van der Waals surface area contributed by atoms with E-state index in [4.69, 9.17) is 23.2 Å². The Balaban J connectivity index is 2.80. The van der Waals surface area contributed by atoms with Crippen molar-refractivity contribution in [1.29, 1.82) is 0 Å². The van der Waals surface area contributed by atoms with Gasteiger partial charge < -0.3 is 4.90 Å². The Morgan fingerprint density at radius 3 is 2.67 bits per heavy atom. The van der Waals surface area contributed by atoms with Crippen LogP contribution < -0.4 is 4.90 Å². The maximum absolute atomic E-state index is 5.94. The number of anilines is 1. The van der Waals surface area contributed by atoms with Crippen LogP contribution in [0.2, 0.25) is 10.3 Å². The summed E-state index contributed by atoms with van der Waals surface area (Å²) < 4.78 is 0. The predicted molar refractivity (Wildman–Crippen MR) is 64.8 cm³/mol. The van der Waals surface area contributed by atoms with E-state index in [9.17, 15) is 0 Å². The Hall–Kier alpha value is -0.540. The zero-order chi connectivity index (χ0) is 11.4. The molecular formula is C10H15Cl2N3. The molecule has 1 aromatic rings. The molecule has 1 aromatic heterocycles. The van der Waals surface area contributed by atoms with Crippen molar-refractivity contribution in [2.24, 2.45) is 5.92 Å². The van der Waals surface area contributed by atoms with Gasteiger partial charge in [-0.2, -0.15) is 0 Å². The molecule has 0 amide bonds. The van der Waals surface area contributed by atoms with Gasteiger partial charge in [0.05, 0.1) is 5.69 Å². The van der Waals surface area contributed by atoms with E-state index >= 15 is 0 Å². The lowest BCUT2D eigenvalue weighted by molar-refractivity contribution is 0.559. The number of hydrogen-bond donors (Lipinski definition) is 0. The SMILES string of the molecule is CCC(C)CN(C)c1cc(Cl)nnc1Cl. The smallest absolute Gasteiger partial charge is 0.175 e. The number of nitrogens with zero attached hydrogens (tertiary/aromatic N) is 3. The third-order valence-corrected chi connectivity index (χ3v) is 2.85. The minimum Gasteiger partial charge on any atom is -0.372 e. The second kappa shape index (κ2) is 5.52. The molecule has 15 heavy (non-hydrogen) atoms. The molecule has 1 heterocycles. The van der Waals surface area contributed by atoms with Gasteiger partial charge in [-0.3, -0.25) is 0 Å². The highest BCUT2D eigenvalue weighted by Crippen LogP contribution is 2.25. The third-order valence-electron chi connectivity index (χ3n) is 2.39. The number of rotatable bonds is 4. The van der Waals surface area contributed by atoms with E-state index in [1.54, 1.807) is 6.07 Å². The molecule has 0 aromatic carbocycles. The number of halogens is 2. The van der Waals surface area contributed by atoms with Crippen LogP contribution in [0.1, 0.15) is 20.3 Å². The highest BCUT2D eigenvalue weighted by Gasteiger charge is 2.11. The maximum atomic E-state index is 5.94. The minimum atomic E-state index is 0.366. The van der Waals surface area contributed by atoms with Crippen molar-refractivity contribution < 1.29 is 0 Å². The van der Waals surface area contributed by atoms with Crippen LogP contribution in [0.4, 0.5) is 5.69 Å². The van der Waals surface area contributed by atoms with Gasteiger partial charge >= 0.3 is 0 Å². The zero-order valence-electron chi connectivity index (χ0n) is 9.17. The summed E-state index contributed by atoms with van der Waals surface area (Å²) in [4.78, 5) is 2.05. The van der Waals surface area contributed by atoms with Crippen molar-refractivity contribution in [3.05, 3.63) is 16.4 Å². The lowest BCUT2D eigenvalue weighted by Crippen LogP contribution is -2.24. The van der Waals surface area contributed by atoms with Gasteiger partial charge in [-0.05, 0) is 5.92 Å². The van der Waals surface area contributed by atoms with Crippen LogP contribution in [0.15, 0.2) is 6.07 Å². The van der Waals surface area contributed by atoms with E-state index < -0.39 is 0 Å². The summed E-state index contributed by atoms with van der Waals surface area (Å²) >= 11 is 11.7. The Morgan fingerprint density at radius 1 is 1.40 bits per heavy atom. The molecule has 1 atom stereocenters. The fourth-order valence-electron chi connectivity index (χ4n) is 1.31. The summed E-state index contributed by atoms with van der Waals surface area (Å²) in [5.74, 6) is 0.609.